The fourth-order valence-corrected chi connectivity index (χ4v) is 3.52. The summed E-state index contributed by atoms with van der Waals surface area (Å²) in [6.45, 7) is 6.44. The van der Waals surface area contributed by atoms with E-state index in [9.17, 15) is 9.59 Å². The van der Waals surface area contributed by atoms with Crippen LogP contribution in [0.1, 0.15) is 46.5 Å². The minimum atomic E-state index is -0.320. The minimum Gasteiger partial charge on any atom is -0.374 e. The van der Waals surface area contributed by atoms with Gasteiger partial charge in [-0.25, -0.2) is 0 Å². The Hall–Kier alpha value is -0.700. The summed E-state index contributed by atoms with van der Waals surface area (Å²) in [7, 11) is 0. The van der Waals surface area contributed by atoms with Crippen LogP contribution >= 0.6 is 0 Å². The largest absolute Gasteiger partial charge is 0.374 e. The predicted octanol–water partition coefficient (Wildman–Crippen LogP) is 2.13. The highest BCUT2D eigenvalue weighted by Gasteiger charge is 2.57. The Labute approximate surface area is 96.5 Å². The molecule has 2 bridgehead atoms. The molecule has 0 spiro atoms. The summed E-state index contributed by atoms with van der Waals surface area (Å²) < 4.78 is 5.85. The highest BCUT2D eigenvalue weighted by atomic mass is 16.5. The van der Waals surface area contributed by atoms with Crippen molar-refractivity contribution in [2.75, 3.05) is 6.61 Å². The Morgan fingerprint density at radius 1 is 1.44 bits per heavy atom. The Bertz CT molecular complexity index is 314. The van der Waals surface area contributed by atoms with Crippen molar-refractivity contribution in [3.8, 4) is 0 Å². The second-order valence-corrected chi connectivity index (χ2v) is 5.94. The molecule has 1 aliphatic carbocycles. The molecule has 0 amide bonds. The number of carbonyl (C=O) groups excluding carboxylic acids is 2. The Morgan fingerprint density at radius 3 is 2.69 bits per heavy atom. The number of Topliss-reactive ketones (excluding diaryl/α,β-unsaturated/α-hetero) is 2. The number of carbonyl (C=O) groups is 2. The van der Waals surface area contributed by atoms with E-state index >= 15 is 0 Å². The monoisotopic (exact) mass is 224 g/mol. The van der Waals surface area contributed by atoms with Crippen LogP contribution in [0.5, 0.6) is 0 Å². The van der Waals surface area contributed by atoms with E-state index in [-0.39, 0.29) is 16.8 Å². The lowest BCUT2D eigenvalue weighted by Gasteiger charge is -2.41. The van der Waals surface area contributed by atoms with Crippen LogP contribution in [0.2, 0.25) is 0 Å². The lowest BCUT2D eigenvalue weighted by Crippen LogP contribution is -2.45. The number of hydrogen-bond acceptors (Lipinski definition) is 3. The van der Waals surface area contributed by atoms with Crippen LogP contribution in [0.3, 0.4) is 0 Å². The average Bonchev–Trinajstić information content (AvgIpc) is 2.27. The van der Waals surface area contributed by atoms with Gasteiger partial charge in [0.25, 0.3) is 0 Å². The molecule has 3 atom stereocenters. The SMILES string of the molecule is CC(=O)CC[C@@H]1[C@@]2(C)CO[C@]1(C)CC(=O)C2. The van der Waals surface area contributed by atoms with Crippen molar-refractivity contribution in [1.82, 2.24) is 0 Å². The molecule has 3 nitrogen and oxygen atoms in total. The molecule has 0 N–H and O–H groups in total. The summed E-state index contributed by atoms with van der Waals surface area (Å²) in [5, 5.41) is 0. The smallest absolute Gasteiger partial charge is 0.136 e. The second kappa shape index (κ2) is 3.66. The molecule has 2 aliphatic rings. The molecule has 1 heterocycles. The summed E-state index contributed by atoms with van der Waals surface area (Å²) >= 11 is 0. The second-order valence-electron chi connectivity index (χ2n) is 5.94. The van der Waals surface area contributed by atoms with E-state index in [4.69, 9.17) is 4.74 Å². The zero-order chi connectivity index (χ0) is 12.0. The van der Waals surface area contributed by atoms with Crippen molar-refractivity contribution in [3.63, 3.8) is 0 Å². The normalized spacial score (nSPS) is 42.4. The Morgan fingerprint density at radius 2 is 2.12 bits per heavy atom. The third-order valence-corrected chi connectivity index (χ3v) is 4.24. The Balaban J connectivity index is 2.17. The zero-order valence-corrected chi connectivity index (χ0v) is 10.3. The van der Waals surface area contributed by atoms with Gasteiger partial charge in [0.05, 0.1) is 12.2 Å². The van der Waals surface area contributed by atoms with Gasteiger partial charge in [-0.2, -0.15) is 0 Å². The van der Waals surface area contributed by atoms with Crippen LogP contribution in [-0.2, 0) is 14.3 Å². The van der Waals surface area contributed by atoms with Gasteiger partial charge in [-0.05, 0) is 26.2 Å². The van der Waals surface area contributed by atoms with Crippen molar-refractivity contribution in [3.05, 3.63) is 0 Å². The van der Waals surface area contributed by atoms with Gasteiger partial charge in [0.2, 0.25) is 0 Å². The summed E-state index contributed by atoms with van der Waals surface area (Å²) in [6.07, 6.45) is 2.60. The number of ketones is 2. The van der Waals surface area contributed by atoms with E-state index in [1.165, 1.54) is 0 Å². The maximum Gasteiger partial charge on any atom is 0.136 e. The van der Waals surface area contributed by atoms with Crippen molar-refractivity contribution in [1.29, 1.82) is 0 Å². The van der Waals surface area contributed by atoms with Crippen LogP contribution in [-0.4, -0.2) is 23.8 Å². The molecule has 1 aliphatic heterocycles. The van der Waals surface area contributed by atoms with E-state index in [1.807, 2.05) is 6.92 Å². The van der Waals surface area contributed by atoms with Crippen LogP contribution < -0.4 is 0 Å². The third-order valence-electron chi connectivity index (χ3n) is 4.24. The van der Waals surface area contributed by atoms with Gasteiger partial charge >= 0.3 is 0 Å². The van der Waals surface area contributed by atoms with Crippen LogP contribution in [0.25, 0.3) is 0 Å². The molecule has 2 fully saturated rings. The summed E-state index contributed by atoms with van der Waals surface area (Å²) in [6, 6.07) is 0. The minimum absolute atomic E-state index is 0.0421. The first-order chi connectivity index (χ1) is 7.36. The van der Waals surface area contributed by atoms with Crippen molar-refractivity contribution < 1.29 is 14.3 Å². The molecule has 3 heteroatoms. The molecule has 16 heavy (non-hydrogen) atoms. The van der Waals surface area contributed by atoms with Gasteiger partial charge in [0.1, 0.15) is 11.6 Å². The highest BCUT2D eigenvalue weighted by molar-refractivity contribution is 5.82. The molecular formula is C13H20O3. The van der Waals surface area contributed by atoms with Gasteiger partial charge in [-0.15, -0.1) is 0 Å². The molecule has 90 valence electrons. The van der Waals surface area contributed by atoms with E-state index in [2.05, 4.69) is 6.92 Å². The van der Waals surface area contributed by atoms with E-state index in [0.717, 1.165) is 6.42 Å². The molecule has 1 saturated carbocycles. The average molecular weight is 224 g/mol. The lowest BCUT2D eigenvalue weighted by molar-refractivity contribution is -0.130. The third kappa shape index (κ3) is 1.81. The summed E-state index contributed by atoms with van der Waals surface area (Å²) in [5.74, 6) is 0.881. The maximum absolute atomic E-state index is 11.7. The van der Waals surface area contributed by atoms with E-state index in [0.29, 0.717) is 37.6 Å². The molecule has 2 rings (SSSR count). The van der Waals surface area contributed by atoms with E-state index in [1.54, 1.807) is 6.92 Å². The van der Waals surface area contributed by atoms with Crippen LogP contribution in [0.15, 0.2) is 0 Å². The first-order valence-electron chi connectivity index (χ1n) is 6.01. The standard InChI is InChI=1S/C13H20O3/c1-9(14)4-5-11-12(2)6-10(15)7-13(11,3)16-8-12/h11H,4-8H2,1-3H3/t11-,12-,13-/m1/s1. The fourth-order valence-electron chi connectivity index (χ4n) is 3.52. The van der Waals surface area contributed by atoms with E-state index < -0.39 is 0 Å². The van der Waals surface area contributed by atoms with Crippen molar-refractivity contribution in [2.24, 2.45) is 11.3 Å². The van der Waals surface area contributed by atoms with Crippen LogP contribution in [0.4, 0.5) is 0 Å². The molecule has 1 saturated heterocycles. The van der Waals surface area contributed by atoms with Crippen molar-refractivity contribution in [2.45, 2.75) is 52.1 Å². The molecule has 0 unspecified atom stereocenters. The number of fused-ring (bicyclic) bond motifs is 2. The Kier molecular flexibility index (Phi) is 2.69. The molecule has 0 aromatic heterocycles. The summed E-state index contributed by atoms with van der Waals surface area (Å²) in [4.78, 5) is 22.8. The van der Waals surface area contributed by atoms with Crippen molar-refractivity contribution >= 4 is 11.6 Å². The first kappa shape index (κ1) is 11.8. The van der Waals surface area contributed by atoms with Crippen LogP contribution in [0, 0.1) is 11.3 Å². The summed E-state index contributed by atoms with van der Waals surface area (Å²) in [5.41, 5.74) is -0.362. The first-order valence-corrected chi connectivity index (χ1v) is 6.01. The molecule has 0 aromatic rings. The molecular weight excluding hydrogens is 204 g/mol. The molecule has 0 aromatic carbocycles. The quantitative estimate of drug-likeness (QED) is 0.737. The fraction of sp³-hybridized carbons (Fsp3) is 0.846. The lowest BCUT2D eigenvalue weighted by atomic mass is 9.62. The van der Waals surface area contributed by atoms with Gasteiger partial charge in [0.15, 0.2) is 0 Å². The number of rotatable bonds is 3. The van der Waals surface area contributed by atoms with Gasteiger partial charge in [-0.1, -0.05) is 6.92 Å². The molecule has 0 radical (unpaired) electrons. The van der Waals surface area contributed by atoms with Gasteiger partial charge in [-0.3, -0.25) is 4.79 Å². The number of hydrogen-bond donors (Lipinski definition) is 0. The predicted molar refractivity (Wildman–Crippen MR) is 60.1 cm³/mol. The van der Waals surface area contributed by atoms with Gasteiger partial charge < -0.3 is 9.53 Å². The highest BCUT2D eigenvalue weighted by Crippen LogP contribution is 2.54. The topological polar surface area (TPSA) is 43.4 Å². The maximum atomic E-state index is 11.7. The van der Waals surface area contributed by atoms with Gasteiger partial charge in [0, 0.05) is 24.7 Å². The number of ether oxygens (including phenoxy) is 1. The zero-order valence-electron chi connectivity index (χ0n) is 10.3.